The molecule has 0 amide bonds. The Bertz CT molecular complexity index is 321. The molecule has 21 heavy (non-hydrogen) atoms. The van der Waals surface area contributed by atoms with E-state index in [0.29, 0.717) is 5.41 Å². The standard InChI is InChI=1S/C18H34N2S/c1-15-16(2)21-12-11-20(15)14-18(13-19-17-7-8-17)9-5-3-4-6-10-18/h15-17,19H,3-14H2,1-2H3. The van der Waals surface area contributed by atoms with Crippen molar-refractivity contribution < 1.29 is 0 Å². The van der Waals surface area contributed by atoms with Gasteiger partial charge in [-0.1, -0.05) is 32.6 Å². The summed E-state index contributed by atoms with van der Waals surface area (Å²) in [6.07, 6.45) is 11.6. The molecule has 0 aromatic carbocycles. The van der Waals surface area contributed by atoms with Crippen LogP contribution in [0.15, 0.2) is 0 Å². The van der Waals surface area contributed by atoms with Gasteiger partial charge in [-0.3, -0.25) is 4.90 Å². The van der Waals surface area contributed by atoms with Crippen molar-refractivity contribution in [3.8, 4) is 0 Å². The van der Waals surface area contributed by atoms with E-state index in [1.165, 1.54) is 76.8 Å². The molecule has 0 radical (unpaired) electrons. The Hall–Kier alpha value is 0.270. The maximum atomic E-state index is 3.88. The summed E-state index contributed by atoms with van der Waals surface area (Å²) in [7, 11) is 0. The van der Waals surface area contributed by atoms with Gasteiger partial charge in [0.1, 0.15) is 0 Å². The van der Waals surface area contributed by atoms with Gasteiger partial charge in [-0.05, 0) is 38.0 Å². The first-order valence-electron chi connectivity index (χ1n) is 9.28. The highest BCUT2D eigenvalue weighted by atomic mass is 32.2. The van der Waals surface area contributed by atoms with Crippen LogP contribution >= 0.6 is 11.8 Å². The van der Waals surface area contributed by atoms with Crippen LogP contribution in [0.2, 0.25) is 0 Å². The Morgan fingerprint density at radius 1 is 1.10 bits per heavy atom. The van der Waals surface area contributed by atoms with Crippen molar-refractivity contribution in [3.05, 3.63) is 0 Å². The van der Waals surface area contributed by atoms with E-state index in [4.69, 9.17) is 0 Å². The van der Waals surface area contributed by atoms with Gasteiger partial charge in [0, 0.05) is 42.7 Å². The Labute approximate surface area is 135 Å². The summed E-state index contributed by atoms with van der Waals surface area (Å²) < 4.78 is 0. The summed E-state index contributed by atoms with van der Waals surface area (Å²) >= 11 is 2.17. The van der Waals surface area contributed by atoms with Crippen molar-refractivity contribution in [3.63, 3.8) is 0 Å². The first kappa shape index (κ1) is 16.1. The van der Waals surface area contributed by atoms with E-state index >= 15 is 0 Å². The van der Waals surface area contributed by atoms with E-state index in [-0.39, 0.29) is 0 Å². The zero-order valence-corrected chi connectivity index (χ0v) is 14.9. The van der Waals surface area contributed by atoms with E-state index in [1.54, 1.807) is 0 Å². The third kappa shape index (κ3) is 4.39. The van der Waals surface area contributed by atoms with Crippen LogP contribution in [0, 0.1) is 5.41 Å². The number of thioether (sulfide) groups is 1. The second-order valence-electron chi connectivity index (χ2n) is 7.86. The molecule has 1 heterocycles. The van der Waals surface area contributed by atoms with Gasteiger partial charge in [0.2, 0.25) is 0 Å². The molecule has 2 aliphatic carbocycles. The van der Waals surface area contributed by atoms with Crippen LogP contribution in [0.3, 0.4) is 0 Å². The SMILES string of the molecule is CC1SCCN(CC2(CNC3CC3)CCCCCC2)C1C. The Balaban J connectivity index is 1.64. The van der Waals surface area contributed by atoms with Crippen LogP contribution < -0.4 is 5.32 Å². The molecule has 3 fully saturated rings. The third-order valence-corrected chi connectivity index (χ3v) is 7.40. The van der Waals surface area contributed by atoms with Crippen LogP contribution in [0.4, 0.5) is 0 Å². The van der Waals surface area contributed by atoms with Crippen LogP contribution in [-0.4, -0.2) is 47.6 Å². The zero-order valence-electron chi connectivity index (χ0n) is 14.1. The number of nitrogens with one attached hydrogen (secondary N) is 1. The lowest BCUT2D eigenvalue weighted by atomic mass is 9.79. The van der Waals surface area contributed by atoms with Crippen LogP contribution in [0.25, 0.3) is 0 Å². The normalized spacial score (nSPS) is 34.6. The lowest BCUT2D eigenvalue weighted by Gasteiger charge is -2.44. The second-order valence-corrected chi connectivity index (χ2v) is 9.34. The van der Waals surface area contributed by atoms with Gasteiger partial charge in [0.25, 0.3) is 0 Å². The lowest BCUT2D eigenvalue weighted by Crippen LogP contribution is -2.52. The van der Waals surface area contributed by atoms with E-state index < -0.39 is 0 Å². The minimum absolute atomic E-state index is 0.565. The molecule has 0 bridgehead atoms. The largest absolute Gasteiger partial charge is 0.313 e. The molecule has 2 nitrogen and oxygen atoms in total. The smallest absolute Gasteiger partial charge is 0.0184 e. The Kier molecular flexibility index (Phi) is 5.55. The maximum Gasteiger partial charge on any atom is 0.0184 e. The number of hydrogen-bond acceptors (Lipinski definition) is 3. The molecular formula is C18H34N2S. The first-order valence-corrected chi connectivity index (χ1v) is 10.3. The van der Waals surface area contributed by atoms with Crippen molar-refractivity contribution in [2.75, 3.05) is 25.4 Å². The first-order chi connectivity index (χ1) is 10.2. The second kappa shape index (κ2) is 7.23. The van der Waals surface area contributed by atoms with Crippen molar-refractivity contribution in [1.29, 1.82) is 0 Å². The molecule has 3 rings (SSSR count). The maximum absolute atomic E-state index is 3.88. The van der Waals surface area contributed by atoms with Crippen LogP contribution in [-0.2, 0) is 0 Å². The average Bonchev–Trinajstić information content (AvgIpc) is 3.30. The molecule has 0 aromatic rings. The monoisotopic (exact) mass is 310 g/mol. The third-order valence-electron chi connectivity index (χ3n) is 6.06. The predicted molar refractivity (Wildman–Crippen MR) is 94.1 cm³/mol. The van der Waals surface area contributed by atoms with Gasteiger partial charge in [-0.25, -0.2) is 0 Å². The van der Waals surface area contributed by atoms with Crippen molar-refractivity contribution in [2.45, 2.75) is 82.5 Å². The lowest BCUT2D eigenvalue weighted by molar-refractivity contribution is 0.0996. The molecule has 2 saturated carbocycles. The molecule has 2 atom stereocenters. The number of nitrogens with zero attached hydrogens (tertiary/aromatic N) is 1. The molecular weight excluding hydrogens is 276 g/mol. The molecule has 3 aliphatic rings. The van der Waals surface area contributed by atoms with Gasteiger partial charge in [0.05, 0.1) is 0 Å². The fourth-order valence-corrected chi connectivity index (χ4v) is 5.33. The molecule has 1 saturated heterocycles. The minimum atomic E-state index is 0.565. The highest BCUT2D eigenvalue weighted by Crippen LogP contribution is 2.38. The van der Waals surface area contributed by atoms with Crippen molar-refractivity contribution >= 4 is 11.8 Å². The fraction of sp³-hybridized carbons (Fsp3) is 1.00. The fourth-order valence-electron chi connectivity index (χ4n) is 4.17. The molecule has 0 spiro atoms. The van der Waals surface area contributed by atoms with E-state index in [1.807, 2.05) is 0 Å². The highest BCUT2D eigenvalue weighted by Gasteiger charge is 2.37. The van der Waals surface area contributed by atoms with Crippen molar-refractivity contribution in [2.24, 2.45) is 5.41 Å². The summed E-state index contributed by atoms with van der Waals surface area (Å²) in [5.74, 6) is 1.33. The molecule has 0 aromatic heterocycles. The molecule has 3 heteroatoms. The van der Waals surface area contributed by atoms with E-state index in [9.17, 15) is 0 Å². The summed E-state index contributed by atoms with van der Waals surface area (Å²) in [5.41, 5.74) is 0.565. The van der Waals surface area contributed by atoms with Gasteiger partial charge in [-0.15, -0.1) is 0 Å². The summed E-state index contributed by atoms with van der Waals surface area (Å²) in [4.78, 5) is 2.82. The van der Waals surface area contributed by atoms with Gasteiger partial charge in [0.15, 0.2) is 0 Å². The van der Waals surface area contributed by atoms with Crippen LogP contribution in [0.5, 0.6) is 0 Å². The Morgan fingerprint density at radius 3 is 2.48 bits per heavy atom. The number of rotatable bonds is 5. The van der Waals surface area contributed by atoms with E-state index in [2.05, 4.69) is 35.8 Å². The van der Waals surface area contributed by atoms with Gasteiger partial charge >= 0.3 is 0 Å². The van der Waals surface area contributed by atoms with E-state index in [0.717, 1.165) is 17.3 Å². The highest BCUT2D eigenvalue weighted by molar-refractivity contribution is 8.00. The topological polar surface area (TPSA) is 15.3 Å². The molecule has 1 N–H and O–H groups in total. The minimum Gasteiger partial charge on any atom is -0.313 e. The molecule has 2 unspecified atom stereocenters. The predicted octanol–water partition coefficient (Wildman–Crippen LogP) is 3.90. The van der Waals surface area contributed by atoms with Gasteiger partial charge < -0.3 is 5.32 Å². The summed E-state index contributed by atoms with van der Waals surface area (Å²) in [6, 6.07) is 1.61. The summed E-state index contributed by atoms with van der Waals surface area (Å²) in [6.45, 7) is 8.81. The average molecular weight is 311 g/mol. The molecule has 1 aliphatic heterocycles. The quantitative estimate of drug-likeness (QED) is 0.775. The van der Waals surface area contributed by atoms with Gasteiger partial charge in [-0.2, -0.15) is 11.8 Å². The summed E-state index contributed by atoms with van der Waals surface area (Å²) in [5, 5.41) is 4.68. The molecule has 122 valence electrons. The Morgan fingerprint density at radius 2 is 1.81 bits per heavy atom. The zero-order chi connectivity index (χ0) is 14.7. The van der Waals surface area contributed by atoms with Crippen LogP contribution in [0.1, 0.15) is 65.2 Å². The number of hydrogen-bond donors (Lipinski definition) is 1. The van der Waals surface area contributed by atoms with Crippen molar-refractivity contribution in [1.82, 2.24) is 10.2 Å².